The highest BCUT2D eigenvalue weighted by molar-refractivity contribution is 7.89. The molecule has 0 saturated heterocycles. The van der Waals surface area contributed by atoms with Crippen LogP contribution in [0.3, 0.4) is 0 Å². The average Bonchev–Trinajstić information content (AvgIpc) is 3.05. The molecule has 0 spiro atoms. The van der Waals surface area contributed by atoms with Crippen molar-refractivity contribution in [3.8, 4) is 28.1 Å². The highest BCUT2D eigenvalue weighted by Crippen LogP contribution is 2.32. The Labute approximate surface area is 152 Å². The molecule has 1 heterocycles. The molecule has 0 aliphatic heterocycles. The lowest BCUT2D eigenvalue weighted by Gasteiger charge is -2.05. The Bertz CT molecular complexity index is 1020. The zero-order chi connectivity index (χ0) is 18.7. The molecule has 0 radical (unpaired) electrons. The first-order chi connectivity index (χ1) is 12.4. The van der Waals surface area contributed by atoms with Gasteiger partial charge in [-0.3, -0.25) is 4.68 Å². The number of methoxy groups -OCH3 is 1. The van der Waals surface area contributed by atoms with Crippen LogP contribution in [0.25, 0.3) is 22.4 Å². The van der Waals surface area contributed by atoms with Crippen LogP contribution in [-0.2, 0) is 16.6 Å². The van der Waals surface area contributed by atoms with E-state index in [2.05, 4.69) is 11.7 Å². The number of sulfonamides is 1. The van der Waals surface area contributed by atoms with Gasteiger partial charge in [0.1, 0.15) is 11.4 Å². The first-order valence-corrected chi connectivity index (χ1v) is 9.43. The maximum Gasteiger partial charge on any atom is 0.238 e. The lowest BCUT2D eigenvalue weighted by molar-refractivity contribution is 0.415. The van der Waals surface area contributed by atoms with Crippen molar-refractivity contribution in [2.75, 3.05) is 7.11 Å². The molecule has 0 unspecified atom stereocenters. The summed E-state index contributed by atoms with van der Waals surface area (Å²) in [6.07, 6.45) is 3.70. The van der Waals surface area contributed by atoms with Crippen LogP contribution in [-0.4, -0.2) is 25.3 Å². The maximum absolute atomic E-state index is 11.5. The molecule has 134 valence electrons. The summed E-state index contributed by atoms with van der Waals surface area (Å²) in [5.41, 5.74) is 3.45. The fourth-order valence-electron chi connectivity index (χ4n) is 2.64. The molecule has 6 nitrogen and oxygen atoms in total. The van der Waals surface area contributed by atoms with E-state index in [1.807, 2.05) is 30.5 Å². The Hall–Kier alpha value is -2.90. The number of benzene rings is 2. The van der Waals surface area contributed by atoms with Gasteiger partial charge in [-0.1, -0.05) is 30.3 Å². The molecule has 2 N–H and O–H groups in total. The summed E-state index contributed by atoms with van der Waals surface area (Å²) in [6.45, 7) is 4.31. The van der Waals surface area contributed by atoms with Gasteiger partial charge in [-0.05, 0) is 29.8 Å². The Morgan fingerprint density at radius 2 is 1.73 bits per heavy atom. The summed E-state index contributed by atoms with van der Waals surface area (Å²) in [7, 11) is -2.11. The molecule has 3 rings (SSSR count). The van der Waals surface area contributed by atoms with Gasteiger partial charge < -0.3 is 4.74 Å². The van der Waals surface area contributed by atoms with Gasteiger partial charge in [0.25, 0.3) is 0 Å². The Balaban J connectivity index is 2.09. The summed E-state index contributed by atoms with van der Waals surface area (Å²) in [4.78, 5) is 0.0674. The zero-order valence-electron chi connectivity index (χ0n) is 14.3. The van der Waals surface area contributed by atoms with Crippen LogP contribution in [0.5, 0.6) is 5.75 Å². The molecule has 0 amide bonds. The molecule has 0 aliphatic carbocycles. The lowest BCUT2D eigenvalue weighted by atomic mass is 10.0. The topological polar surface area (TPSA) is 87.2 Å². The summed E-state index contributed by atoms with van der Waals surface area (Å²) in [5, 5.41) is 9.78. The maximum atomic E-state index is 11.5. The number of ether oxygens (including phenoxy) is 1. The van der Waals surface area contributed by atoms with Gasteiger partial charge in [0.05, 0.1) is 18.6 Å². The third-order valence-corrected chi connectivity index (χ3v) is 4.86. The van der Waals surface area contributed by atoms with E-state index >= 15 is 0 Å². The number of rotatable bonds is 6. The highest BCUT2D eigenvalue weighted by Gasteiger charge is 2.14. The first kappa shape index (κ1) is 17.9. The van der Waals surface area contributed by atoms with E-state index in [0.29, 0.717) is 6.54 Å². The summed E-state index contributed by atoms with van der Waals surface area (Å²) in [6, 6.07) is 14.0. The molecule has 26 heavy (non-hydrogen) atoms. The number of nitrogens with zero attached hydrogens (tertiary/aromatic N) is 2. The standard InChI is InChI=1S/C19H19N3O3S/c1-3-12-22-13-18(14-4-8-16(25-2)9-5-14)19(21-22)15-6-10-17(11-7-15)26(20,23)24/h3-11,13H,1,12H2,2H3,(H2,20,23,24). The van der Waals surface area contributed by atoms with E-state index in [1.54, 1.807) is 30.0 Å². The quantitative estimate of drug-likeness (QED) is 0.677. The van der Waals surface area contributed by atoms with Crippen molar-refractivity contribution in [1.29, 1.82) is 0 Å². The summed E-state index contributed by atoms with van der Waals surface area (Å²) < 4.78 is 29.9. The number of hydrogen-bond donors (Lipinski definition) is 1. The van der Waals surface area contributed by atoms with Gasteiger partial charge in [0.2, 0.25) is 10.0 Å². The molecular formula is C19H19N3O3S. The van der Waals surface area contributed by atoms with E-state index in [0.717, 1.165) is 28.1 Å². The van der Waals surface area contributed by atoms with Crippen molar-refractivity contribution in [2.45, 2.75) is 11.4 Å². The summed E-state index contributed by atoms with van der Waals surface area (Å²) >= 11 is 0. The molecule has 7 heteroatoms. The van der Waals surface area contributed by atoms with Crippen LogP contribution in [0, 0.1) is 0 Å². The third kappa shape index (κ3) is 3.68. The van der Waals surface area contributed by atoms with Gasteiger partial charge in [-0.2, -0.15) is 5.10 Å². The predicted molar refractivity (Wildman–Crippen MR) is 101 cm³/mol. The van der Waals surface area contributed by atoms with Crippen LogP contribution in [0.2, 0.25) is 0 Å². The van der Waals surface area contributed by atoms with Crippen molar-refractivity contribution in [3.05, 3.63) is 67.4 Å². The Kier molecular flexibility index (Phi) is 4.92. The predicted octanol–water partition coefficient (Wildman–Crippen LogP) is 3.06. The third-order valence-electron chi connectivity index (χ3n) is 3.94. The van der Waals surface area contributed by atoms with Gasteiger partial charge >= 0.3 is 0 Å². The summed E-state index contributed by atoms with van der Waals surface area (Å²) in [5.74, 6) is 0.770. The van der Waals surface area contributed by atoms with E-state index in [1.165, 1.54) is 12.1 Å². The van der Waals surface area contributed by atoms with Crippen molar-refractivity contribution in [3.63, 3.8) is 0 Å². The van der Waals surface area contributed by atoms with Gasteiger partial charge in [-0.25, -0.2) is 13.6 Å². The fraction of sp³-hybridized carbons (Fsp3) is 0.105. The van der Waals surface area contributed by atoms with Gasteiger partial charge in [0.15, 0.2) is 0 Å². The number of primary sulfonamides is 1. The van der Waals surface area contributed by atoms with Gasteiger partial charge in [0, 0.05) is 17.3 Å². The van der Waals surface area contributed by atoms with E-state index in [-0.39, 0.29) is 4.90 Å². The molecule has 0 saturated carbocycles. The molecule has 0 bridgehead atoms. The second-order valence-corrected chi connectivity index (χ2v) is 7.26. The normalized spacial score (nSPS) is 11.3. The monoisotopic (exact) mass is 369 g/mol. The Morgan fingerprint density at radius 1 is 1.12 bits per heavy atom. The van der Waals surface area contributed by atoms with Crippen LogP contribution in [0.1, 0.15) is 0 Å². The first-order valence-electron chi connectivity index (χ1n) is 7.88. The largest absolute Gasteiger partial charge is 0.497 e. The zero-order valence-corrected chi connectivity index (χ0v) is 15.1. The van der Waals surface area contributed by atoms with E-state index in [4.69, 9.17) is 9.88 Å². The van der Waals surface area contributed by atoms with Crippen LogP contribution >= 0.6 is 0 Å². The molecule has 3 aromatic rings. The molecule has 0 fully saturated rings. The van der Waals surface area contributed by atoms with Crippen LogP contribution < -0.4 is 9.88 Å². The molecule has 0 atom stereocenters. The van der Waals surface area contributed by atoms with Crippen LogP contribution in [0.4, 0.5) is 0 Å². The Morgan fingerprint density at radius 3 is 2.27 bits per heavy atom. The van der Waals surface area contributed by atoms with E-state index < -0.39 is 10.0 Å². The number of aromatic nitrogens is 2. The molecule has 2 aromatic carbocycles. The smallest absolute Gasteiger partial charge is 0.238 e. The number of hydrogen-bond acceptors (Lipinski definition) is 4. The lowest BCUT2D eigenvalue weighted by Crippen LogP contribution is -2.11. The minimum absolute atomic E-state index is 0.0674. The van der Waals surface area contributed by atoms with E-state index in [9.17, 15) is 8.42 Å². The minimum atomic E-state index is -3.73. The fourth-order valence-corrected chi connectivity index (χ4v) is 3.16. The molecular weight excluding hydrogens is 350 g/mol. The molecule has 1 aromatic heterocycles. The number of allylic oxidation sites excluding steroid dienone is 1. The van der Waals surface area contributed by atoms with Gasteiger partial charge in [-0.15, -0.1) is 6.58 Å². The van der Waals surface area contributed by atoms with Crippen LogP contribution in [0.15, 0.2) is 72.3 Å². The minimum Gasteiger partial charge on any atom is -0.497 e. The molecule has 0 aliphatic rings. The second-order valence-electron chi connectivity index (χ2n) is 5.70. The van der Waals surface area contributed by atoms with Crippen molar-refractivity contribution in [2.24, 2.45) is 5.14 Å². The SMILES string of the molecule is C=CCn1cc(-c2ccc(OC)cc2)c(-c2ccc(S(N)(=O)=O)cc2)n1. The number of nitrogens with two attached hydrogens (primary N) is 1. The average molecular weight is 369 g/mol. The van der Waals surface area contributed by atoms with Crippen molar-refractivity contribution >= 4 is 10.0 Å². The second kappa shape index (κ2) is 7.15. The van der Waals surface area contributed by atoms with Crippen molar-refractivity contribution < 1.29 is 13.2 Å². The highest BCUT2D eigenvalue weighted by atomic mass is 32.2. The van der Waals surface area contributed by atoms with Crippen molar-refractivity contribution in [1.82, 2.24) is 9.78 Å².